The van der Waals surface area contributed by atoms with Crippen LogP contribution in [0.15, 0.2) is 18.2 Å². The molecule has 0 aromatic heterocycles. The predicted octanol–water partition coefficient (Wildman–Crippen LogP) is 3.37. The van der Waals surface area contributed by atoms with E-state index < -0.39 is 0 Å². The Morgan fingerprint density at radius 2 is 2.06 bits per heavy atom. The molecule has 1 aromatic rings. The van der Waals surface area contributed by atoms with E-state index >= 15 is 0 Å². The van der Waals surface area contributed by atoms with Gasteiger partial charge in [-0.15, -0.1) is 11.8 Å². The second kappa shape index (κ2) is 6.35. The molecule has 0 aliphatic carbocycles. The van der Waals surface area contributed by atoms with Crippen LogP contribution in [-0.4, -0.2) is 7.05 Å². The van der Waals surface area contributed by atoms with Crippen LogP contribution in [-0.2, 0) is 0 Å². The lowest BCUT2D eigenvalue weighted by atomic mass is 9.96. The summed E-state index contributed by atoms with van der Waals surface area (Å²) in [6.07, 6.45) is 2.02. The minimum Gasteiger partial charge on any atom is -0.313 e. The Labute approximate surface area is 99.3 Å². The van der Waals surface area contributed by atoms with Gasteiger partial charge in [0.05, 0.1) is 0 Å². The van der Waals surface area contributed by atoms with Crippen LogP contribution in [0.5, 0.6) is 0 Å². The zero-order chi connectivity index (χ0) is 12.0. The Balaban J connectivity index is 2.84. The summed E-state index contributed by atoms with van der Waals surface area (Å²) in [5, 5.41) is 3.38. The standard InChI is InChI=1S/C15H21N/c1-5-6-7-8-15(16-4)14-11-12(2)9-10-13(14)3/h9-11,15-16H,7-8H2,1-4H3. The summed E-state index contributed by atoms with van der Waals surface area (Å²) >= 11 is 0. The lowest BCUT2D eigenvalue weighted by Crippen LogP contribution is -2.17. The maximum Gasteiger partial charge on any atom is 0.0329 e. The molecule has 1 heteroatoms. The van der Waals surface area contributed by atoms with Gasteiger partial charge in [0, 0.05) is 12.5 Å². The van der Waals surface area contributed by atoms with Gasteiger partial charge in [0.2, 0.25) is 0 Å². The van der Waals surface area contributed by atoms with Crippen molar-refractivity contribution in [1.82, 2.24) is 5.32 Å². The number of benzene rings is 1. The first kappa shape index (κ1) is 12.8. The molecule has 0 saturated carbocycles. The molecule has 0 saturated heterocycles. The maximum absolute atomic E-state index is 3.38. The molecule has 1 aromatic carbocycles. The van der Waals surface area contributed by atoms with E-state index in [1.54, 1.807) is 0 Å². The Morgan fingerprint density at radius 1 is 1.31 bits per heavy atom. The first-order valence-electron chi connectivity index (χ1n) is 5.83. The van der Waals surface area contributed by atoms with E-state index in [1.807, 2.05) is 14.0 Å². The second-order valence-corrected chi connectivity index (χ2v) is 4.17. The molecule has 1 N–H and O–H groups in total. The van der Waals surface area contributed by atoms with E-state index in [-0.39, 0.29) is 0 Å². The minimum absolute atomic E-state index is 0.417. The van der Waals surface area contributed by atoms with Gasteiger partial charge in [-0.25, -0.2) is 0 Å². The van der Waals surface area contributed by atoms with Gasteiger partial charge in [-0.05, 0) is 45.4 Å². The summed E-state index contributed by atoms with van der Waals surface area (Å²) in [5.74, 6) is 6.07. The fourth-order valence-electron chi connectivity index (χ4n) is 1.93. The highest BCUT2D eigenvalue weighted by molar-refractivity contribution is 5.33. The molecule has 0 fully saturated rings. The van der Waals surface area contributed by atoms with Crippen LogP contribution in [0, 0.1) is 25.7 Å². The fraction of sp³-hybridized carbons (Fsp3) is 0.467. The summed E-state index contributed by atoms with van der Waals surface area (Å²) in [7, 11) is 2.02. The Morgan fingerprint density at radius 3 is 2.69 bits per heavy atom. The van der Waals surface area contributed by atoms with Crippen LogP contribution in [0.2, 0.25) is 0 Å². The van der Waals surface area contributed by atoms with Gasteiger partial charge in [-0.2, -0.15) is 0 Å². The Hall–Kier alpha value is -1.26. The number of hydrogen-bond donors (Lipinski definition) is 1. The van der Waals surface area contributed by atoms with Crippen molar-refractivity contribution in [2.75, 3.05) is 7.05 Å². The fourth-order valence-corrected chi connectivity index (χ4v) is 1.93. The summed E-state index contributed by atoms with van der Waals surface area (Å²) < 4.78 is 0. The molecule has 1 nitrogen and oxygen atoms in total. The number of rotatable bonds is 4. The summed E-state index contributed by atoms with van der Waals surface area (Å²) in [4.78, 5) is 0. The average Bonchev–Trinajstić information content (AvgIpc) is 2.28. The molecule has 0 spiro atoms. The van der Waals surface area contributed by atoms with Crippen molar-refractivity contribution < 1.29 is 0 Å². The van der Waals surface area contributed by atoms with Gasteiger partial charge in [0.1, 0.15) is 0 Å². The van der Waals surface area contributed by atoms with Gasteiger partial charge in [-0.1, -0.05) is 23.8 Å². The monoisotopic (exact) mass is 215 g/mol. The quantitative estimate of drug-likeness (QED) is 0.759. The number of nitrogens with one attached hydrogen (secondary N) is 1. The third-order valence-electron chi connectivity index (χ3n) is 2.89. The van der Waals surface area contributed by atoms with Crippen LogP contribution >= 0.6 is 0 Å². The van der Waals surface area contributed by atoms with E-state index in [0.29, 0.717) is 6.04 Å². The summed E-state index contributed by atoms with van der Waals surface area (Å²) in [5.41, 5.74) is 4.08. The van der Waals surface area contributed by atoms with Gasteiger partial charge >= 0.3 is 0 Å². The van der Waals surface area contributed by atoms with Crippen molar-refractivity contribution in [3.05, 3.63) is 34.9 Å². The van der Waals surface area contributed by atoms with Gasteiger partial charge < -0.3 is 5.32 Å². The molecule has 0 aliphatic heterocycles. The van der Waals surface area contributed by atoms with Crippen LogP contribution in [0.3, 0.4) is 0 Å². The molecule has 0 aliphatic rings. The minimum atomic E-state index is 0.417. The van der Waals surface area contributed by atoms with E-state index in [9.17, 15) is 0 Å². The summed E-state index contributed by atoms with van der Waals surface area (Å²) in [6, 6.07) is 7.05. The summed E-state index contributed by atoms with van der Waals surface area (Å²) in [6.45, 7) is 6.21. The third kappa shape index (κ3) is 3.40. The van der Waals surface area contributed by atoms with E-state index in [1.165, 1.54) is 16.7 Å². The molecule has 1 atom stereocenters. The van der Waals surface area contributed by atoms with Crippen molar-refractivity contribution >= 4 is 0 Å². The number of hydrogen-bond acceptors (Lipinski definition) is 1. The zero-order valence-electron chi connectivity index (χ0n) is 10.7. The smallest absolute Gasteiger partial charge is 0.0329 e. The van der Waals surface area contributed by atoms with Gasteiger partial charge in [0.25, 0.3) is 0 Å². The lowest BCUT2D eigenvalue weighted by molar-refractivity contribution is 0.555. The first-order chi connectivity index (χ1) is 7.69. The second-order valence-electron chi connectivity index (χ2n) is 4.17. The van der Waals surface area contributed by atoms with E-state index in [0.717, 1.165) is 12.8 Å². The molecule has 1 rings (SSSR count). The molecular formula is C15H21N. The van der Waals surface area contributed by atoms with Crippen LogP contribution < -0.4 is 5.32 Å². The van der Waals surface area contributed by atoms with Crippen LogP contribution in [0.1, 0.15) is 42.5 Å². The van der Waals surface area contributed by atoms with Crippen molar-refractivity contribution in [3.63, 3.8) is 0 Å². The Kier molecular flexibility index (Phi) is 5.08. The molecule has 86 valence electrons. The highest BCUT2D eigenvalue weighted by atomic mass is 14.9. The largest absolute Gasteiger partial charge is 0.313 e. The lowest BCUT2D eigenvalue weighted by Gasteiger charge is -2.18. The zero-order valence-corrected chi connectivity index (χ0v) is 10.7. The Bertz CT molecular complexity index is 396. The molecule has 1 unspecified atom stereocenters. The topological polar surface area (TPSA) is 12.0 Å². The van der Waals surface area contributed by atoms with Gasteiger partial charge in [-0.3, -0.25) is 0 Å². The molecule has 0 amide bonds. The predicted molar refractivity (Wildman–Crippen MR) is 70.4 cm³/mol. The van der Waals surface area contributed by atoms with Crippen molar-refractivity contribution in [2.45, 2.75) is 39.7 Å². The van der Waals surface area contributed by atoms with Gasteiger partial charge in [0.15, 0.2) is 0 Å². The van der Waals surface area contributed by atoms with Crippen molar-refractivity contribution in [2.24, 2.45) is 0 Å². The normalized spacial score (nSPS) is 11.8. The third-order valence-corrected chi connectivity index (χ3v) is 2.89. The SMILES string of the molecule is CC#CCCC(NC)c1cc(C)ccc1C. The maximum atomic E-state index is 3.38. The molecule has 0 bridgehead atoms. The van der Waals surface area contributed by atoms with E-state index in [2.05, 4.69) is 49.2 Å². The highest BCUT2D eigenvalue weighted by Crippen LogP contribution is 2.22. The molecule has 0 radical (unpaired) electrons. The van der Waals surface area contributed by atoms with Crippen LogP contribution in [0.25, 0.3) is 0 Å². The number of aryl methyl sites for hydroxylation is 2. The molecular weight excluding hydrogens is 194 g/mol. The average molecular weight is 215 g/mol. The first-order valence-corrected chi connectivity index (χ1v) is 5.83. The van der Waals surface area contributed by atoms with E-state index in [4.69, 9.17) is 0 Å². The molecule has 0 heterocycles. The highest BCUT2D eigenvalue weighted by Gasteiger charge is 2.10. The van der Waals surface area contributed by atoms with Crippen molar-refractivity contribution in [1.29, 1.82) is 0 Å². The van der Waals surface area contributed by atoms with Crippen molar-refractivity contribution in [3.8, 4) is 11.8 Å². The molecule has 16 heavy (non-hydrogen) atoms. The van der Waals surface area contributed by atoms with Crippen LogP contribution in [0.4, 0.5) is 0 Å².